The number of hydrogen-bond acceptors (Lipinski definition) is 3. The highest BCUT2D eigenvalue weighted by Crippen LogP contribution is 2.23. The van der Waals surface area contributed by atoms with Crippen LogP contribution in [0.5, 0.6) is 0 Å². The lowest BCUT2D eigenvalue weighted by Crippen LogP contribution is -2.45. The Morgan fingerprint density at radius 3 is 2.29 bits per heavy atom. The summed E-state index contributed by atoms with van der Waals surface area (Å²) in [6, 6.07) is 16.6. The second kappa shape index (κ2) is 10.3. The van der Waals surface area contributed by atoms with Crippen LogP contribution < -0.4 is 4.90 Å². The molecule has 1 saturated heterocycles. The van der Waals surface area contributed by atoms with Crippen LogP contribution in [-0.2, 0) is 4.79 Å². The van der Waals surface area contributed by atoms with Gasteiger partial charge in [0.1, 0.15) is 5.82 Å². The number of carbonyl (C=O) groups excluding carboxylic acids is 2. The molecule has 2 aromatic carbocycles. The average molecular weight is 442 g/mol. The average Bonchev–Trinajstić information content (AvgIpc) is 3.19. The molecule has 1 aliphatic rings. The molecule has 1 fully saturated rings. The van der Waals surface area contributed by atoms with E-state index in [-0.39, 0.29) is 10.8 Å². The van der Waals surface area contributed by atoms with E-state index < -0.39 is 5.82 Å². The summed E-state index contributed by atoms with van der Waals surface area (Å²) in [4.78, 5) is 28.9. The standard InChI is InChI=1S/C13H13NO.C11H12ClFN2O/c1-9-12(10(2)15)8-13(14-9)11-6-4-3-5-7-11;12-10-7-9(1-2-11(10)13)15-5-3-14(8-16)4-6-15/h3-8,14H,1-2H3;1-2,7-8H,3-6H2. The zero-order chi connectivity index (χ0) is 22.4. The van der Waals surface area contributed by atoms with E-state index in [1.807, 2.05) is 43.3 Å². The highest BCUT2D eigenvalue weighted by atomic mass is 35.5. The number of ketones is 1. The van der Waals surface area contributed by atoms with Crippen LogP contribution in [0.3, 0.4) is 0 Å². The summed E-state index contributed by atoms with van der Waals surface area (Å²) < 4.78 is 13.0. The first-order valence-corrected chi connectivity index (χ1v) is 10.4. The van der Waals surface area contributed by atoms with Crippen molar-refractivity contribution < 1.29 is 14.0 Å². The lowest BCUT2D eigenvalue weighted by Gasteiger charge is -2.34. The molecular formula is C24H25ClFN3O2. The quantitative estimate of drug-likeness (QED) is 0.460. The number of piperazine rings is 1. The van der Waals surface area contributed by atoms with Crippen molar-refractivity contribution in [2.24, 2.45) is 0 Å². The first-order chi connectivity index (χ1) is 14.9. The molecular weight excluding hydrogens is 417 g/mol. The van der Waals surface area contributed by atoms with Gasteiger partial charge in [0.15, 0.2) is 5.78 Å². The van der Waals surface area contributed by atoms with Crippen molar-refractivity contribution in [3.63, 3.8) is 0 Å². The Bertz CT molecular complexity index is 1040. The van der Waals surface area contributed by atoms with Crippen LogP contribution >= 0.6 is 11.6 Å². The third-order valence-corrected chi connectivity index (χ3v) is 5.50. The number of H-pyrrole nitrogens is 1. The Hall–Kier alpha value is -3.12. The second-order valence-corrected chi connectivity index (χ2v) is 7.78. The number of benzene rings is 2. The van der Waals surface area contributed by atoms with Gasteiger partial charge in [-0.3, -0.25) is 9.59 Å². The van der Waals surface area contributed by atoms with Gasteiger partial charge in [0.25, 0.3) is 0 Å². The van der Waals surface area contributed by atoms with Gasteiger partial charge in [-0.2, -0.15) is 0 Å². The fourth-order valence-corrected chi connectivity index (χ4v) is 3.64. The topological polar surface area (TPSA) is 56.4 Å². The van der Waals surface area contributed by atoms with Crippen LogP contribution in [0, 0.1) is 12.7 Å². The van der Waals surface area contributed by atoms with Crippen molar-refractivity contribution in [2.45, 2.75) is 13.8 Å². The van der Waals surface area contributed by atoms with Gasteiger partial charge in [0, 0.05) is 48.8 Å². The summed E-state index contributed by atoms with van der Waals surface area (Å²) in [5, 5.41) is 0.135. The first-order valence-electron chi connectivity index (χ1n) is 10.0. The molecule has 0 saturated carbocycles. The number of anilines is 1. The molecule has 1 amide bonds. The molecule has 2 heterocycles. The number of rotatable bonds is 4. The Labute approximate surface area is 186 Å². The fraction of sp³-hybridized carbons (Fsp3) is 0.250. The number of aryl methyl sites for hydroxylation is 1. The Kier molecular flexibility index (Phi) is 7.47. The van der Waals surface area contributed by atoms with Gasteiger partial charge >= 0.3 is 0 Å². The molecule has 4 rings (SSSR count). The van der Waals surface area contributed by atoms with Gasteiger partial charge in [-0.1, -0.05) is 41.9 Å². The van der Waals surface area contributed by atoms with Gasteiger partial charge in [0.2, 0.25) is 6.41 Å². The molecule has 0 radical (unpaired) electrons. The maximum Gasteiger partial charge on any atom is 0.209 e. The van der Waals surface area contributed by atoms with Crippen LogP contribution in [0.15, 0.2) is 54.6 Å². The highest BCUT2D eigenvalue weighted by molar-refractivity contribution is 6.31. The number of halogens is 2. The highest BCUT2D eigenvalue weighted by Gasteiger charge is 2.16. The lowest BCUT2D eigenvalue weighted by molar-refractivity contribution is -0.118. The van der Waals surface area contributed by atoms with Crippen molar-refractivity contribution >= 4 is 29.5 Å². The molecule has 1 aliphatic heterocycles. The number of aromatic nitrogens is 1. The molecule has 0 atom stereocenters. The van der Waals surface area contributed by atoms with E-state index >= 15 is 0 Å². The van der Waals surface area contributed by atoms with Gasteiger partial charge in [-0.25, -0.2) is 4.39 Å². The minimum absolute atomic E-state index is 0.103. The Balaban J connectivity index is 0.000000176. The van der Waals surface area contributed by atoms with E-state index in [1.54, 1.807) is 24.0 Å². The molecule has 162 valence electrons. The number of nitrogens with one attached hydrogen (secondary N) is 1. The van der Waals surface area contributed by atoms with E-state index in [4.69, 9.17) is 11.6 Å². The van der Waals surface area contributed by atoms with Crippen LogP contribution in [0.4, 0.5) is 10.1 Å². The normalized spacial score (nSPS) is 13.4. The van der Waals surface area contributed by atoms with Gasteiger partial charge in [-0.05, 0) is 43.7 Å². The van der Waals surface area contributed by atoms with Gasteiger partial charge in [0.05, 0.1) is 5.02 Å². The summed E-state index contributed by atoms with van der Waals surface area (Å²) >= 11 is 5.72. The van der Waals surface area contributed by atoms with Crippen molar-refractivity contribution in [3.05, 3.63) is 76.7 Å². The number of hydrogen-bond donors (Lipinski definition) is 1. The first kappa shape index (κ1) is 22.6. The smallest absolute Gasteiger partial charge is 0.209 e. The zero-order valence-electron chi connectivity index (χ0n) is 17.6. The molecule has 1 N–H and O–H groups in total. The molecule has 31 heavy (non-hydrogen) atoms. The van der Waals surface area contributed by atoms with Gasteiger partial charge < -0.3 is 14.8 Å². The lowest BCUT2D eigenvalue weighted by atomic mass is 10.1. The fourth-order valence-electron chi connectivity index (χ4n) is 3.46. The molecule has 0 unspecified atom stereocenters. The molecule has 0 bridgehead atoms. The molecule has 3 aromatic rings. The monoisotopic (exact) mass is 441 g/mol. The van der Waals surface area contributed by atoms with Crippen LogP contribution in [0.25, 0.3) is 11.3 Å². The Morgan fingerprint density at radius 1 is 1.06 bits per heavy atom. The van der Waals surface area contributed by atoms with Crippen molar-refractivity contribution in [1.82, 2.24) is 9.88 Å². The summed E-state index contributed by atoms with van der Waals surface area (Å²) in [5.74, 6) is -0.303. The molecule has 5 nitrogen and oxygen atoms in total. The predicted octanol–water partition coefficient (Wildman–Crippen LogP) is 4.95. The Morgan fingerprint density at radius 2 is 1.74 bits per heavy atom. The maximum atomic E-state index is 13.0. The van der Waals surface area contributed by atoms with E-state index in [0.29, 0.717) is 13.1 Å². The second-order valence-electron chi connectivity index (χ2n) is 7.37. The summed E-state index contributed by atoms with van der Waals surface area (Å²) in [7, 11) is 0. The maximum absolute atomic E-state index is 13.0. The number of Topliss-reactive ketones (excluding diaryl/α,β-unsaturated/α-hetero) is 1. The molecule has 0 aliphatic carbocycles. The van der Waals surface area contributed by atoms with E-state index in [9.17, 15) is 14.0 Å². The van der Waals surface area contributed by atoms with Crippen LogP contribution in [-0.4, -0.2) is 48.3 Å². The molecule has 0 spiro atoms. The van der Waals surface area contributed by atoms with Gasteiger partial charge in [-0.15, -0.1) is 0 Å². The SMILES string of the molecule is CC(=O)c1cc(-c2ccccc2)[nH]c1C.O=CN1CCN(c2ccc(F)c(Cl)c2)CC1. The third-order valence-electron chi connectivity index (χ3n) is 5.21. The predicted molar refractivity (Wildman–Crippen MR) is 122 cm³/mol. The van der Waals surface area contributed by atoms with E-state index in [0.717, 1.165) is 47.7 Å². The minimum Gasteiger partial charge on any atom is -0.368 e. The summed E-state index contributed by atoms with van der Waals surface area (Å²) in [5.41, 5.74) is 4.71. The zero-order valence-corrected chi connectivity index (χ0v) is 18.3. The molecule has 1 aromatic heterocycles. The van der Waals surface area contributed by atoms with E-state index in [2.05, 4.69) is 9.88 Å². The number of nitrogens with zero attached hydrogens (tertiary/aromatic N) is 2. The van der Waals surface area contributed by atoms with Crippen molar-refractivity contribution in [3.8, 4) is 11.3 Å². The van der Waals surface area contributed by atoms with Crippen molar-refractivity contribution in [2.75, 3.05) is 31.1 Å². The minimum atomic E-state index is -0.406. The summed E-state index contributed by atoms with van der Waals surface area (Å²) in [6.45, 7) is 6.40. The number of carbonyl (C=O) groups is 2. The molecule has 7 heteroatoms. The van der Waals surface area contributed by atoms with Crippen LogP contribution in [0.1, 0.15) is 23.0 Å². The number of amides is 1. The van der Waals surface area contributed by atoms with Crippen LogP contribution in [0.2, 0.25) is 5.02 Å². The third kappa shape index (κ3) is 5.73. The van der Waals surface area contributed by atoms with E-state index in [1.165, 1.54) is 6.07 Å². The van der Waals surface area contributed by atoms with Crippen molar-refractivity contribution in [1.29, 1.82) is 0 Å². The number of aromatic amines is 1. The summed E-state index contributed by atoms with van der Waals surface area (Å²) in [6.07, 6.45) is 0.856. The largest absolute Gasteiger partial charge is 0.368 e.